The molecule has 1 aliphatic heterocycles. The summed E-state index contributed by atoms with van der Waals surface area (Å²) in [6.07, 6.45) is 12.9. The van der Waals surface area contributed by atoms with Crippen LogP contribution in [0.1, 0.15) is 91.5 Å². The highest BCUT2D eigenvalue weighted by molar-refractivity contribution is 6.33. The van der Waals surface area contributed by atoms with Crippen LogP contribution in [0.4, 0.5) is 8.78 Å². The molecule has 4 aromatic rings. The van der Waals surface area contributed by atoms with Crippen LogP contribution in [0.2, 0.25) is 5.02 Å². The molecule has 0 spiro atoms. The Morgan fingerprint density at radius 2 is 1.58 bits per heavy atom. The molecule has 3 fully saturated rings. The predicted molar refractivity (Wildman–Crippen MR) is 208 cm³/mol. The lowest BCUT2D eigenvalue weighted by Crippen LogP contribution is -2.52. The summed E-state index contributed by atoms with van der Waals surface area (Å²) in [5.41, 5.74) is 9.20. The molecule has 0 bridgehead atoms. The molecule has 3 N–H and O–H groups in total. The van der Waals surface area contributed by atoms with Gasteiger partial charge in [0.1, 0.15) is 28.7 Å². The van der Waals surface area contributed by atoms with E-state index in [4.69, 9.17) is 21.9 Å². The SMILES string of the molecule is Cc1onc(-c2c(F)cccc2Cl)c1C(=O)NC1CCC(Cc2cccc(F)c2)(N(C)C)CC1.NC1CCC(Cc2ccccc2)(N2CCCC2)CC1. The van der Waals surface area contributed by atoms with E-state index in [1.54, 1.807) is 25.1 Å². The average Bonchev–Trinajstić information content (AvgIpc) is 3.82. The van der Waals surface area contributed by atoms with E-state index in [1.165, 1.54) is 81.8 Å². The van der Waals surface area contributed by atoms with E-state index >= 15 is 0 Å². The Labute approximate surface area is 318 Å². The largest absolute Gasteiger partial charge is 0.360 e. The van der Waals surface area contributed by atoms with Gasteiger partial charge in [-0.25, -0.2) is 8.78 Å². The Kier molecular flexibility index (Phi) is 12.7. The number of rotatable bonds is 9. The summed E-state index contributed by atoms with van der Waals surface area (Å²) in [5, 5.41) is 7.16. The van der Waals surface area contributed by atoms with E-state index in [0.29, 0.717) is 17.3 Å². The van der Waals surface area contributed by atoms with Crippen molar-refractivity contribution >= 4 is 17.5 Å². The lowest BCUT2D eigenvalue weighted by atomic mass is 9.74. The maximum absolute atomic E-state index is 14.5. The zero-order valence-electron chi connectivity index (χ0n) is 31.4. The van der Waals surface area contributed by atoms with E-state index in [0.717, 1.165) is 37.7 Å². The molecule has 7 rings (SSSR count). The standard InChI is InChI=1S/C26H28ClF2N3O2.C17H26N2/c1-16-22(24(31-34-16)23-20(27)8-5-9-21(23)29)25(33)30-19-10-12-26(13-11-19,32(2)3)15-17-6-4-7-18(28)14-17;18-16-8-10-17(11-9-16,19-12-4-5-13-19)14-15-6-2-1-3-7-15/h4-9,14,19H,10-13,15H2,1-3H3,(H,30,33);1-3,6-7,16H,4-5,8-14,18H2. The number of nitrogens with zero attached hydrogens (tertiary/aromatic N) is 3. The number of aryl methyl sites for hydroxylation is 1. The fourth-order valence-corrected chi connectivity index (χ4v) is 9.10. The van der Waals surface area contributed by atoms with Crippen LogP contribution in [0.15, 0.2) is 77.3 Å². The highest BCUT2D eigenvalue weighted by Gasteiger charge is 2.41. The molecule has 10 heteroatoms. The third-order valence-electron chi connectivity index (χ3n) is 12.0. The number of hydrogen-bond donors (Lipinski definition) is 2. The van der Waals surface area contributed by atoms with Crippen molar-refractivity contribution in [3.63, 3.8) is 0 Å². The molecular weight excluding hydrogens is 692 g/mol. The maximum atomic E-state index is 14.5. The van der Waals surface area contributed by atoms with Gasteiger partial charge in [0.2, 0.25) is 0 Å². The van der Waals surface area contributed by atoms with Crippen molar-refractivity contribution in [3.05, 3.63) is 112 Å². The zero-order valence-corrected chi connectivity index (χ0v) is 32.1. The normalized spacial score (nSPS) is 24.8. The molecule has 1 saturated heterocycles. The average molecular weight is 746 g/mol. The van der Waals surface area contributed by atoms with Crippen LogP contribution in [0, 0.1) is 18.6 Å². The topological polar surface area (TPSA) is 87.6 Å². The van der Waals surface area contributed by atoms with Crippen molar-refractivity contribution in [1.29, 1.82) is 0 Å². The predicted octanol–water partition coefficient (Wildman–Crippen LogP) is 8.76. The van der Waals surface area contributed by atoms with Crippen LogP contribution in [0.3, 0.4) is 0 Å². The van der Waals surface area contributed by atoms with E-state index < -0.39 is 5.82 Å². The molecule has 1 amide bonds. The number of carbonyl (C=O) groups is 1. The minimum absolute atomic E-state index is 0.0497. The number of nitrogens with one attached hydrogen (secondary N) is 1. The van der Waals surface area contributed by atoms with Crippen molar-refractivity contribution < 1.29 is 18.1 Å². The lowest BCUT2D eigenvalue weighted by Gasteiger charge is -2.46. The number of likely N-dealkylation sites (tertiary alicyclic amines) is 1. The molecule has 0 atom stereocenters. The summed E-state index contributed by atoms with van der Waals surface area (Å²) in [5.74, 6) is -0.861. The van der Waals surface area contributed by atoms with Crippen LogP contribution in [0.5, 0.6) is 0 Å². The maximum Gasteiger partial charge on any atom is 0.257 e. The fraction of sp³-hybridized carbons (Fsp3) is 0.488. The number of nitrogens with two attached hydrogens (primary N) is 1. The lowest BCUT2D eigenvalue weighted by molar-refractivity contribution is 0.0673. The Hall–Kier alpha value is -3.63. The van der Waals surface area contributed by atoms with Crippen molar-refractivity contribution in [1.82, 2.24) is 20.3 Å². The number of aromatic nitrogens is 1. The summed E-state index contributed by atoms with van der Waals surface area (Å²) in [7, 11) is 4.09. The summed E-state index contributed by atoms with van der Waals surface area (Å²) in [6, 6.07) is 22.4. The van der Waals surface area contributed by atoms with Gasteiger partial charge in [0.05, 0.1) is 10.6 Å². The van der Waals surface area contributed by atoms with Gasteiger partial charge in [-0.1, -0.05) is 65.3 Å². The van der Waals surface area contributed by atoms with Gasteiger partial charge in [-0.3, -0.25) is 9.69 Å². The molecule has 284 valence electrons. The number of benzene rings is 3. The minimum atomic E-state index is -0.569. The van der Waals surface area contributed by atoms with E-state index in [-0.39, 0.29) is 45.1 Å². The highest BCUT2D eigenvalue weighted by atomic mass is 35.5. The molecule has 7 nitrogen and oxygen atoms in total. The first-order chi connectivity index (χ1) is 25.5. The van der Waals surface area contributed by atoms with E-state index in [1.807, 2.05) is 20.2 Å². The Morgan fingerprint density at radius 1 is 0.925 bits per heavy atom. The van der Waals surface area contributed by atoms with Gasteiger partial charge in [-0.05, 0) is 147 Å². The summed E-state index contributed by atoms with van der Waals surface area (Å²) < 4.78 is 33.4. The van der Waals surface area contributed by atoms with Crippen LogP contribution >= 0.6 is 11.6 Å². The Balaban J connectivity index is 0.000000213. The van der Waals surface area contributed by atoms with Crippen molar-refractivity contribution in [3.8, 4) is 11.3 Å². The molecule has 2 heterocycles. The first-order valence-electron chi connectivity index (χ1n) is 19.2. The van der Waals surface area contributed by atoms with Gasteiger partial charge in [-0.2, -0.15) is 0 Å². The molecule has 3 aromatic carbocycles. The smallest absolute Gasteiger partial charge is 0.257 e. The first-order valence-corrected chi connectivity index (χ1v) is 19.5. The van der Waals surface area contributed by atoms with Crippen molar-refractivity contribution in [2.24, 2.45) is 5.73 Å². The molecule has 2 saturated carbocycles. The van der Waals surface area contributed by atoms with Gasteiger partial charge in [0, 0.05) is 23.2 Å². The zero-order chi connectivity index (χ0) is 37.6. The summed E-state index contributed by atoms with van der Waals surface area (Å²) in [6.45, 7) is 4.21. The first kappa shape index (κ1) is 39.1. The van der Waals surface area contributed by atoms with Crippen LogP contribution < -0.4 is 11.1 Å². The highest BCUT2D eigenvalue weighted by Crippen LogP contribution is 2.39. The third kappa shape index (κ3) is 9.19. The fourth-order valence-electron chi connectivity index (χ4n) is 8.85. The second kappa shape index (κ2) is 17.2. The van der Waals surface area contributed by atoms with E-state index in [2.05, 4.69) is 50.6 Å². The van der Waals surface area contributed by atoms with Gasteiger partial charge < -0.3 is 20.5 Å². The number of hydrogen-bond acceptors (Lipinski definition) is 6. The second-order valence-electron chi connectivity index (χ2n) is 15.7. The molecule has 0 radical (unpaired) electrons. The van der Waals surface area contributed by atoms with Gasteiger partial charge in [0.15, 0.2) is 0 Å². The molecule has 3 aliphatic rings. The molecule has 1 aromatic heterocycles. The van der Waals surface area contributed by atoms with Crippen LogP contribution in [-0.4, -0.2) is 71.2 Å². The molecular formula is C43H54ClF2N5O2. The van der Waals surface area contributed by atoms with Crippen molar-refractivity contribution in [2.45, 2.75) is 107 Å². The number of likely N-dealkylation sites (N-methyl/N-ethyl adjacent to an activating group) is 1. The Morgan fingerprint density at radius 3 is 2.23 bits per heavy atom. The van der Waals surface area contributed by atoms with Gasteiger partial charge in [-0.15, -0.1) is 0 Å². The van der Waals surface area contributed by atoms with Crippen LogP contribution in [0.25, 0.3) is 11.3 Å². The minimum Gasteiger partial charge on any atom is -0.360 e. The third-order valence-corrected chi connectivity index (χ3v) is 12.3. The van der Waals surface area contributed by atoms with Crippen molar-refractivity contribution in [2.75, 3.05) is 27.2 Å². The molecule has 0 unspecified atom stereocenters. The van der Waals surface area contributed by atoms with Crippen LogP contribution in [-0.2, 0) is 12.8 Å². The number of halogens is 3. The van der Waals surface area contributed by atoms with Gasteiger partial charge in [0.25, 0.3) is 5.91 Å². The summed E-state index contributed by atoms with van der Waals surface area (Å²) in [4.78, 5) is 18.2. The summed E-state index contributed by atoms with van der Waals surface area (Å²) >= 11 is 6.20. The van der Waals surface area contributed by atoms with Gasteiger partial charge >= 0.3 is 0 Å². The molecule has 2 aliphatic carbocycles. The molecule has 53 heavy (non-hydrogen) atoms. The quantitative estimate of drug-likeness (QED) is 0.178. The number of carbonyl (C=O) groups excluding carboxylic acids is 1. The number of amides is 1. The second-order valence-corrected chi connectivity index (χ2v) is 16.1. The Bertz CT molecular complexity index is 1790. The van der Waals surface area contributed by atoms with E-state index in [9.17, 15) is 13.6 Å². The monoisotopic (exact) mass is 745 g/mol.